The summed E-state index contributed by atoms with van der Waals surface area (Å²) in [5.41, 5.74) is 0. The highest BCUT2D eigenvalue weighted by molar-refractivity contribution is 5.54. The Bertz CT molecular complexity index is 45.9. The molecule has 36 valence electrons. The molecule has 0 radical (unpaired) electrons. The van der Waals surface area contributed by atoms with Gasteiger partial charge >= 0.3 is 0 Å². The van der Waals surface area contributed by atoms with Gasteiger partial charge in [-0.25, -0.2) is 0 Å². The van der Waals surface area contributed by atoms with Crippen LogP contribution in [0.25, 0.3) is 0 Å². The molecule has 0 aromatic rings. The average Bonchev–Trinajstić information content (AvgIpc) is 1.35. The summed E-state index contributed by atoms with van der Waals surface area (Å²) in [6.07, 6.45) is 1.79. The molecule has 0 amide bonds. The predicted molar refractivity (Wildman–Crippen MR) is 28.8 cm³/mol. The molecule has 0 aromatic carbocycles. The molecular formula is C5H10N-. The van der Waals surface area contributed by atoms with Crippen LogP contribution < -0.4 is 0 Å². The third-order valence-electron chi connectivity index (χ3n) is 0.387. The van der Waals surface area contributed by atoms with Crippen LogP contribution in [-0.2, 0) is 0 Å². The Morgan fingerprint density at radius 3 is 2.00 bits per heavy atom. The number of nitrogens with zero attached hydrogens (tertiary/aromatic N) is 1. The zero-order valence-corrected chi connectivity index (χ0v) is 4.52. The molecule has 0 N–H and O–H groups in total. The SMILES string of the molecule is CC=N[C-](C)C. The smallest absolute Gasteiger partial charge is 0.0949 e. The van der Waals surface area contributed by atoms with Gasteiger partial charge in [0.05, 0.1) is 0 Å². The largest absolute Gasteiger partial charge is 0.455 e. The summed E-state index contributed by atoms with van der Waals surface area (Å²) in [6.45, 7) is 5.85. The quantitative estimate of drug-likeness (QED) is 0.338. The molecular weight excluding hydrogens is 74.1 g/mol. The molecule has 0 saturated carbocycles. The molecule has 0 rings (SSSR count). The molecule has 0 unspecified atom stereocenters. The van der Waals surface area contributed by atoms with E-state index in [9.17, 15) is 0 Å². The highest BCUT2D eigenvalue weighted by Crippen LogP contribution is 1.92. The van der Waals surface area contributed by atoms with Crippen LogP contribution >= 0.6 is 0 Å². The van der Waals surface area contributed by atoms with E-state index < -0.39 is 0 Å². The maximum Gasteiger partial charge on any atom is -0.0949 e. The molecule has 1 heteroatoms. The molecule has 0 aliphatic heterocycles. The van der Waals surface area contributed by atoms with Crippen molar-refractivity contribution in [1.29, 1.82) is 0 Å². The van der Waals surface area contributed by atoms with Crippen LogP contribution in [0.1, 0.15) is 20.8 Å². The standard InChI is InChI=1S/C5H10N/c1-4-6-5(2)3/h4H,1-3H3/q-1. The molecule has 0 saturated heterocycles. The second kappa shape index (κ2) is 2.76. The van der Waals surface area contributed by atoms with Crippen molar-refractivity contribution in [3.8, 4) is 0 Å². The number of aliphatic imine (C=N–C) groups is 1. The topological polar surface area (TPSA) is 12.4 Å². The monoisotopic (exact) mass is 84.1 g/mol. The van der Waals surface area contributed by atoms with Crippen molar-refractivity contribution in [3.05, 3.63) is 6.04 Å². The van der Waals surface area contributed by atoms with Crippen molar-refractivity contribution in [3.63, 3.8) is 0 Å². The third kappa shape index (κ3) is 3.54. The Labute approximate surface area is 39.1 Å². The number of rotatable bonds is 1. The first-order valence-corrected chi connectivity index (χ1v) is 2.06. The first-order valence-electron chi connectivity index (χ1n) is 2.06. The Kier molecular flexibility index (Phi) is 2.55. The Morgan fingerprint density at radius 2 is 2.00 bits per heavy atom. The molecule has 0 aliphatic carbocycles. The summed E-state index contributed by atoms with van der Waals surface area (Å²) in [4.78, 5) is 3.92. The van der Waals surface area contributed by atoms with Crippen molar-refractivity contribution in [2.45, 2.75) is 20.8 Å². The number of hydrogen-bond acceptors (Lipinski definition) is 1. The van der Waals surface area contributed by atoms with E-state index in [1.165, 1.54) is 0 Å². The van der Waals surface area contributed by atoms with E-state index in [0.717, 1.165) is 6.04 Å². The van der Waals surface area contributed by atoms with Crippen LogP contribution in [0.3, 0.4) is 0 Å². The molecule has 6 heavy (non-hydrogen) atoms. The van der Waals surface area contributed by atoms with Crippen LogP contribution in [0.4, 0.5) is 0 Å². The lowest BCUT2D eigenvalue weighted by atomic mass is 10.4. The second-order valence-electron chi connectivity index (χ2n) is 1.33. The molecule has 0 bridgehead atoms. The summed E-state index contributed by atoms with van der Waals surface area (Å²) in [5, 5.41) is 0. The van der Waals surface area contributed by atoms with Gasteiger partial charge in [-0.2, -0.15) is 6.21 Å². The van der Waals surface area contributed by atoms with E-state index in [4.69, 9.17) is 0 Å². The van der Waals surface area contributed by atoms with Gasteiger partial charge in [0.25, 0.3) is 0 Å². The first kappa shape index (κ1) is 5.54. The summed E-state index contributed by atoms with van der Waals surface area (Å²) in [5.74, 6) is 0. The zero-order chi connectivity index (χ0) is 4.99. The minimum absolute atomic E-state index is 1.11. The highest BCUT2D eigenvalue weighted by Gasteiger charge is 1.63. The fourth-order valence-electron chi connectivity index (χ4n) is 0.258. The predicted octanol–water partition coefficient (Wildman–Crippen LogP) is 1.65. The lowest BCUT2D eigenvalue weighted by Gasteiger charge is -2.02. The summed E-state index contributed by atoms with van der Waals surface area (Å²) in [6, 6.07) is 1.11. The summed E-state index contributed by atoms with van der Waals surface area (Å²) in [7, 11) is 0. The van der Waals surface area contributed by atoms with Gasteiger partial charge in [0.2, 0.25) is 0 Å². The lowest BCUT2D eigenvalue weighted by Crippen LogP contribution is -1.72. The van der Waals surface area contributed by atoms with Crippen molar-refractivity contribution in [2.75, 3.05) is 0 Å². The van der Waals surface area contributed by atoms with Crippen LogP contribution in [0.15, 0.2) is 4.99 Å². The summed E-state index contributed by atoms with van der Waals surface area (Å²) < 4.78 is 0. The molecule has 1 nitrogen and oxygen atoms in total. The van der Waals surface area contributed by atoms with Gasteiger partial charge in [-0.3, -0.25) is 0 Å². The van der Waals surface area contributed by atoms with Crippen molar-refractivity contribution in [1.82, 2.24) is 0 Å². The first-order chi connectivity index (χ1) is 2.77. The second-order valence-corrected chi connectivity index (χ2v) is 1.33. The molecule has 0 aliphatic rings. The Balaban J connectivity index is 3.03. The maximum atomic E-state index is 3.92. The normalized spacial score (nSPS) is 9.83. The van der Waals surface area contributed by atoms with Gasteiger partial charge in [0, 0.05) is 0 Å². The van der Waals surface area contributed by atoms with E-state index in [1.807, 2.05) is 20.8 Å². The third-order valence-corrected chi connectivity index (χ3v) is 0.387. The maximum absolute atomic E-state index is 3.92. The zero-order valence-electron chi connectivity index (χ0n) is 4.52. The number of hydrogen-bond donors (Lipinski definition) is 0. The lowest BCUT2D eigenvalue weighted by molar-refractivity contribution is 1.05. The van der Waals surface area contributed by atoms with E-state index in [2.05, 4.69) is 4.99 Å². The molecule has 0 fully saturated rings. The minimum atomic E-state index is 1.11. The summed E-state index contributed by atoms with van der Waals surface area (Å²) >= 11 is 0. The van der Waals surface area contributed by atoms with E-state index >= 15 is 0 Å². The molecule has 0 atom stereocenters. The van der Waals surface area contributed by atoms with Gasteiger partial charge in [0.1, 0.15) is 0 Å². The fraction of sp³-hybridized carbons (Fsp3) is 0.600. The van der Waals surface area contributed by atoms with Crippen LogP contribution in [0.2, 0.25) is 0 Å². The van der Waals surface area contributed by atoms with Crippen molar-refractivity contribution in [2.24, 2.45) is 4.99 Å². The van der Waals surface area contributed by atoms with E-state index in [-0.39, 0.29) is 0 Å². The Morgan fingerprint density at radius 1 is 1.50 bits per heavy atom. The van der Waals surface area contributed by atoms with Gasteiger partial charge in [-0.1, -0.05) is 20.8 Å². The minimum Gasteiger partial charge on any atom is -0.455 e. The van der Waals surface area contributed by atoms with Crippen molar-refractivity contribution < 1.29 is 0 Å². The van der Waals surface area contributed by atoms with E-state index in [1.54, 1.807) is 6.21 Å². The molecule has 0 heterocycles. The Hall–Kier alpha value is -0.460. The average molecular weight is 84.1 g/mol. The van der Waals surface area contributed by atoms with Gasteiger partial charge < -0.3 is 4.99 Å². The van der Waals surface area contributed by atoms with Crippen molar-refractivity contribution >= 4 is 6.21 Å². The van der Waals surface area contributed by atoms with Crippen LogP contribution in [0.5, 0.6) is 0 Å². The van der Waals surface area contributed by atoms with E-state index in [0.29, 0.717) is 0 Å². The highest BCUT2D eigenvalue weighted by atomic mass is 14.7. The fourth-order valence-corrected chi connectivity index (χ4v) is 0.258. The van der Waals surface area contributed by atoms with Gasteiger partial charge in [-0.15, -0.1) is 6.04 Å². The van der Waals surface area contributed by atoms with Gasteiger partial charge in [0.15, 0.2) is 0 Å². The molecule has 0 aromatic heterocycles. The molecule has 0 spiro atoms. The van der Waals surface area contributed by atoms with Gasteiger partial charge in [-0.05, 0) is 0 Å². The van der Waals surface area contributed by atoms with Crippen LogP contribution in [0, 0.1) is 6.04 Å². The van der Waals surface area contributed by atoms with Crippen LogP contribution in [-0.4, -0.2) is 6.21 Å².